The molecule has 2 aromatic rings. The summed E-state index contributed by atoms with van der Waals surface area (Å²) in [6.07, 6.45) is 3.50. The van der Waals surface area contributed by atoms with Crippen molar-refractivity contribution in [1.82, 2.24) is 4.90 Å². The largest absolute Gasteiger partial charge is 0.490 e. The number of likely N-dealkylation sites (tertiary alicyclic amines) is 1. The van der Waals surface area contributed by atoms with E-state index < -0.39 is 6.10 Å². The predicted molar refractivity (Wildman–Crippen MR) is 133 cm³/mol. The average molecular weight is 495 g/mol. The molecular formula is C25H32Cl2N2O4. The van der Waals surface area contributed by atoms with Crippen LogP contribution in [0.2, 0.25) is 10.0 Å². The summed E-state index contributed by atoms with van der Waals surface area (Å²) in [4.78, 5) is 14.3. The van der Waals surface area contributed by atoms with Crippen molar-refractivity contribution in [3.8, 4) is 11.5 Å². The zero-order chi connectivity index (χ0) is 23.6. The minimum Gasteiger partial charge on any atom is -0.490 e. The number of nitrogens with one attached hydrogen (secondary N) is 1. The van der Waals surface area contributed by atoms with Gasteiger partial charge in [-0.05, 0) is 43.5 Å². The number of piperidine rings is 1. The minimum absolute atomic E-state index is 0.0283. The standard InChI is InChI=1S/C25H32Cl2N2O4/c1-2-3-8-25(31)28-23-6-4-5-7-24(23)32-17-18(30)16-29-13-11-19(12-14-29)33-20-9-10-21(26)22(27)15-20/h4-7,9-10,15,18-19,30H,2-3,8,11-14,16-17H2,1H3,(H,28,31). The second-order valence-electron chi connectivity index (χ2n) is 8.31. The summed E-state index contributed by atoms with van der Waals surface area (Å²) in [5.41, 5.74) is 0.631. The van der Waals surface area contributed by atoms with Gasteiger partial charge in [0.2, 0.25) is 5.91 Å². The molecular weight excluding hydrogens is 463 g/mol. The van der Waals surface area contributed by atoms with Gasteiger partial charge < -0.3 is 24.8 Å². The lowest BCUT2D eigenvalue weighted by atomic mass is 10.1. The lowest BCUT2D eigenvalue weighted by Gasteiger charge is -2.33. The molecule has 1 atom stereocenters. The van der Waals surface area contributed by atoms with Crippen molar-refractivity contribution in [1.29, 1.82) is 0 Å². The molecule has 1 unspecified atom stereocenters. The zero-order valence-electron chi connectivity index (χ0n) is 18.9. The maximum Gasteiger partial charge on any atom is 0.224 e. The summed E-state index contributed by atoms with van der Waals surface area (Å²) in [5.74, 6) is 1.26. The van der Waals surface area contributed by atoms with Crippen LogP contribution in [0, 0.1) is 0 Å². The van der Waals surface area contributed by atoms with Crippen LogP contribution in [0.1, 0.15) is 39.0 Å². The number of rotatable bonds is 11. The van der Waals surface area contributed by atoms with Gasteiger partial charge in [0.15, 0.2) is 0 Å². The third-order valence-electron chi connectivity index (χ3n) is 5.55. The Labute approximate surface area is 205 Å². The number of aliphatic hydroxyl groups excluding tert-OH is 1. The molecule has 1 aliphatic heterocycles. The molecule has 2 N–H and O–H groups in total. The second-order valence-corrected chi connectivity index (χ2v) is 9.12. The number of hydrogen-bond donors (Lipinski definition) is 2. The Morgan fingerprint density at radius 2 is 1.94 bits per heavy atom. The number of carbonyl (C=O) groups is 1. The molecule has 8 heteroatoms. The van der Waals surface area contributed by atoms with Crippen LogP contribution in [0.4, 0.5) is 5.69 Å². The molecule has 0 saturated carbocycles. The Balaban J connectivity index is 1.41. The topological polar surface area (TPSA) is 71.0 Å². The summed E-state index contributed by atoms with van der Waals surface area (Å²) in [5, 5.41) is 14.4. The summed E-state index contributed by atoms with van der Waals surface area (Å²) in [6.45, 7) is 4.38. The maximum atomic E-state index is 12.1. The molecule has 2 aromatic carbocycles. The molecule has 0 spiro atoms. The quantitative estimate of drug-likeness (QED) is 0.437. The van der Waals surface area contributed by atoms with Crippen molar-refractivity contribution in [2.24, 2.45) is 0 Å². The molecule has 1 heterocycles. The SMILES string of the molecule is CCCCC(=O)Nc1ccccc1OCC(O)CN1CCC(Oc2ccc(Cl)c(Cl)c2)CC1. The number of amides is 1. The molecule has 6 nitrogen and oxygen atoms in total. The highest BCUT2D eigenvalue weighted by Crippen LogP contribution is 2.28. The van der Waals surface area contributed by atoms with Gasteiger partial charge in [-0.15, -0.1) is 0 Å². The number of halogens is 2. The number of unbranched alkanes of at least 4 members (excludes halogenated alkanes) is 1. The minimum atomic E-state index is -0.638. The first kappa shape index (κ1) is 25.6. The maximum absolute atomic E-state index is 12.1. The summed E-state index contributed by atoms with van der Waals surface area (Å²) < 4.78 is 11.9. The summed E-state index contributed by atoms with van der Waals surface area (Å²) in [7, 11) is 0. The number of hydrogen-bond acceptors (Lipinski definition) is 5. The van der Waals surface area contributed by atoms with E-state index in [1.165, 1.54) is 0 Å². The van der Waals surface area contributed by atoms with E-state index in [1.54, 1.807) is 18.2 Å². The van der Waals surface area contributed by atoms with Gasteiger partial charge in [-0.2, -0.15) is 0 Å². The van der Waals surface area contributed by atoms with Gasteiger partial charge in [-0.1, -0.05) is 48.7 Å². The molecule has 1 fully saturated rings. The third-order valence-corrected chi connectivity index (χ3v) is 6.29. The number of benzene rings is 2. The van der Waals surface area contributed by atoms with Crippen molar-refractivity contribution in [3.63, 3.8) is 0 Å². The van der Waals surface area contributed by atoms with Crippen LogP contribution in [-0.2, 0) is 4.79 Å². The Bertz CT molecular complexity index is 904. The van der Waals surface area contributed by atoms with E-state index in [0.717, 1.165) is 44.5 Å². The predicted octanol–water partition coefficient (Wildman–Crippen LogP) is 5.41. The molecule has 0 aliphatic carbocycles. The normalized spacial score (nSPS) is 15.8. The molecule has 1 aliphatic rings. The van der Waals surface area contributed by atoms with Crippen molar-refractivity contribution >= 4 is 34.8 Å². The van der Waals surface area contributed by atoms with Crippen molar-refractivity contribution in [2.45, 2.75) is 51.2 Å². The summed E-state index contributed by atoms with van der Waals surface area (Å²) in [6, 6.07) is 12.6. The fourth-order valence-corrected chi connectivity index (χ4v) is 4.02. The van der Waals surface area contributed by atoms with E-state index >= 15 is 0 Å². The van der Waals surface area contributed by atoms with Crippen LogP contribution >= 0.6 is 23.2 Å². The fraction of sp³-hybridized carbons (Fsp3) is 0.480. The number of ether oxygens (including phenoxy) is 2. The number of anilines is 1. The zero-order valence-corrected chi connectivity index (χ0v) is 20.4. The molecule has 0 radical (unpaired) electrons. The van der Waals surface area contributed by atoms with E-state index in [4.69, 9.17) is 32.7 Å². The van der Waals surface area contributed by atoms with Crippen molar-refractivity contribution < 1.29 is 19.4 Å². The molecule has 1 amide bonds. The van der Waals surface area contributed by atoms with Gasteiger partial charge in [0.25, 0.3) is 0 Å². The van der Waals surface area contributed by atoms with Crippen LogP contribution in [-0.4, -0.2) is 54.4 Å². The summed E-state index contributed by atoms with van der Waals surface area (Å²) >= 11 is 12.0. The monoisotopic (exact) mass is 494 g/mol. The Morgan fingerprint density at radius 1 is 1.18 bits per heavy atom. The van der Waals surface area contributed by atoms with E-state index in [9.17, 15) is 9.90 Å². The van der Waals surface area contributed by atoms with Crippen molar-refractivity contribution in [2.75, 3.05) is 31.6 Å². The fourth-order valence-electron chi connectivity index (χ4n) is 3.73. The van der Waals surface area contributed by atoms with Gasteiger partial charge in [0.1, 0.15) is 30.3 Å². The van der Waals surface area contributed by atoms with Crippen LogP contribution < -0.4 is 14.8 Å². The van der Waals surface area contributed by atoms with E-state index in [0.29, 0.717) is 34.4 Å². The Morgan fingerprint density at radius 3 is 2.67 bits per heavy atom. The number of aliphatic hydroxyl groups is 1. The number of para-hydroxylation sites is 2. The van der Waals surface area contributed by atoms with Crippen LogP contribution in [0.25, 0.3) is 0 Å². The van der Waals surface area contributed by atoms with Gasteiger partial charge in [0.05, 0.1) is 15.7 Å². The lowest BCUT2D eigenvalue weighted by Crippen LogP contribution is -2.43. The van der Waals surface area contributed by atoms with Crippen molar-refractivity contribution in [3.05, 3.63) is 52.5 Å². The molecule has 0 bridgehead atoms. The number of carbonyl (C=O) groups excluding carboxylic acids is 1. The molecule has 33 heavy (non-hydrogen) atoms. The van der Waals surface area contributed by atoms with E-state index in [1.807, 2.05) is 24.3 Å². The van der Waals surface area contributed by atoms with Crippen LogP contribution in [0.5, 0.6) is 11.5 Å². The van der Waals surface area contributed by atoms with Gasteiger partial charge in [0, 0.05) is 32.1 Å². The highest BCUT2D eigenvalue weighted by atomic mass is 35.5. The van der Waals surface area contributed by atoms with Gasteiger partial charge >= 0.3 is 0 Å². The van der Waals surface area contributed by atoms with Crippen LogP contribution in [0.3, 0.4) is 0 Å². The van der Waals surface area contributed by atoms with E-state index in [-0.39, 0.29) is 18.6 Å². The highest BCUT2D eigenvalue weighted by Gasteiger charge is 2.23. The second kappa shape index (κ2) is 13.0. The Kier molecular flexibility index (Phi) is 10.1. The van der Waals surface area contributed by atoms with E-state index in [2.05, 4.69) is 17.1 Å². The van der Waals surface area contributed by atoms with Crippen LogP contribution in [0.15, 0.2) is 42.5 Å². The van der Waals surface area contributed by atoms with Gasteiger partial charge in [-0.25, -0.2) is 0 Å². The first-order valence-corrected chi connectivity index (χ1v) is 12.2. The average Bonchev–Trinajstić information content (AvgIpc) is 2.81. The molecule has 1 saturated heterocycles. The molecule has 3 rings (SSSR count). The number of β-amino-alcohol motifs (C(OH)–C–C–N with tert-alkyl or cyclic N) is 1. The number of nitrogens with zero attached hydrogens (tertiary/aromatic N) is 1. The lowest BCUT2D eigenvalue weighted by molar-refractivity contribution is -0.116. The highest BCUT2D eigenvalue weighted by molar-refractivity contribution is 6.42. The van der Waals surface area contributed by atoms with Gasteiger partial charge in [-0.3, -0.25) is 4.79 Å². The Hall–Kier alpha value is -1.99. The molecule has 180 valence electrons. The third kappa shape index (κ3) is 8.38. The first-order chi connectivity index (χ1) is 15.9. The first-order valence-electron chi connectivity index (χ1n) is 11.5. The molecule has 0 aromatic heterocycles. The smallest absolute Gasteiger partial charge is 0.224 e.